The molecular formula is C23H28N4O2. The molecule has 0 atom stereocenters. The Morgan fingerprint density at radius 2 is 2.03 bits per heavy atom. The lowest BCUT2D eigenvalue weighted by Crippen LogP contribution is -2.38. The number of hydrogen-bond donors (Lipinski definition) is 1. The van der Waals surface area contributed by atoms with Gasteiger partial charge in [-0.15, -0.1) is 0 Å². The molecule has 6 nitrogen and oxygen atoms in total. The van der Waals surface area contributed by atoms with Gasteiger partial charge in [0.2, 0.25) is 5.91 Å². The smallest absolute Gasteiger partial charge is 0.240 e. The van der Waals surface area contributed by atoms with Crippen LogP contribution in [0.3, 0.4) is 0 Å². The van der Waals surface area contributed by atoms with Crippen molar-refractivity contribution < 1.29 is 9.53 Å². The van der Waals surface area contributed by atoms with E-state index in [1.54, 1.807) is 7.11 Å². The summed E-state index contributed by atoms with van der Waals surface area (Å²) in [5.41, 5.74) is 8.23. The number of amides is 1. The first-order valence-electron chi connectivity index (χ1n) is 10.1. The average Bonchev–Trinajstić information content (AvgIpc) is 3.28. The van der Waals surface area contributed by atoms with Crippen LogP contribution in [0, 0.1) is 20.8 Å². The summed E-state index contributed by atoms with van der Waals surface area (Å²) in [5, 5.41) is 2.33. The van der Waals surface area contributed by atoms with Gasteiger partial charge in [-0.1, -0.05) is 6.92 Å². The van der Waals surface area contributed by atoms with Gasteiger partial charge in [0, 0.05) is 23.2 Å². The molecule has 1 aromatic carbocycles. The first-order valence-corrected chi connectivity index (χ1v) is 10.1. The SMILES string of the molecule is CCC(=O)N(N)c1c2c(nc3c1c(C)c(C)n3-c1ccc(OC)cc1C)CCC2. The van der Waals surface area contributed by atoms with Gasteiger partial charge in [0.1, 0.15) is 11.4 Å². The molecule has 1 aliphatic rings. The molecule has 2 N–H and O–H groups in total. The molecular weight excluding hydrogens is 364 g/mol. The Morgan fingerprint density at radius 1 is 1.28 bits per heavy atom. The Balaban J connectivity index is 2.07. The van der Waals surface area contributed by atoms with Crippen molar-refractivity contribution in [3.8, 4) is 11.4 Å². The number of carbonyl (C=O) groups excluding carboxylic acids is 1. The second-order valence-electron chi connectivity index (χ2n) is 7.75. The number of fused-ring (bicyclic) bond motifs is 2. The molecule has 152 valence electrons. The number of ether oxygens (including phenoxy) is 1. The second kappa shape index (κ2) is 7.19. The summed E-state index contributed by atoms with van der Waals surface area (Å²) in [4.78, 5) is 17.6. The molecule has 0 unspecified atom stereocenters. The minimum absolute atomic E-state index is 0.0861. The van der Waals surface area contributed by atoms with E-state index in [1.165, 1.54) is 5.01 Å². The minimum Gasteiger partial charge on any atom is -0.497 e. The van der Waals surface area contributed by atoms with Crippen molar-refractivity contribution in [1.82, 2.24) is 9.55 Å². The number of hydrazine groups is 1. The quantitative estimate of drug-likeness (QED) is 0.413. The normalized spacial score (nSPS) is 13.0. The van der Waals surface area contributed by atoms with Crippen molar-refractivity contribution in [2.45, 2.75) is 53.4 Å². The van der Waals surface area contributed by atoms with E-state index >= 15 is 0 Å². The number of aromatic nitrogens is 2. The van der Waals surface area contributed by atoms with E-state index < -0.39 is 0 Å². The highest BCUT2D eigenvalue weighted by Gasteiger charge is 2.29. The fraction of sp³-hybridized carbons (Fsp3) is 0.391. The molecule has 2 heterocycles. The van der Waals surface area contributed by atoms with E-state index in [9.17, 15) is 4.79 Å². The molecule has 3 aromatic rings. The number of benzene rings is 1. The van der Waals surface area contributed by atoms with Gasteiger partial charge in [0.15, 0.2) is 0 Å². The molecule has 1 aliphatic carbocycles. The Hall–Kier alpha value is -2.86. The largest absolute Gasteiger partial charge is 0.497 e. The molecule has 0 spiro atoms. The molecule has 1 amide bonds. The van der Waals surface area contributed by atoms with E-state index in [1.807, 2.05) is 19.1 Å². The zero-order chi connectivity index (χ0) is 20.9. The van der Waals surface area contributed by atoms with Crippen LogP contribution in [0.2, 0.25) is 0 Å². The number of aryl methyl sites for hydroxylation is 3. The summed E-state index contributed by atoms with van der Waals surface area (Å²) < 4.78 is 7.56. The minimum atomic E-state index is -0.0861. The fourth-order valence-corrected chi connectivity index (χ4v) is 4.42. The highest BCUT2D eigenvalue weighted by atomic mass is 16.5. The van der Waals surface area contributed by atoms with Crippen molar-refractivity contribution in [2.24, 2.45) is 5.84 Å². The van der Waals surface area contributed by atoms with E-state index in [2.05, 4.69) is 31.4 Å². The Bertz CT molecular complexity index is 1130. The van der Waals surface area contributed by atoms with Gasteiger partial charge in [-0.2, -0.15) is 0 Å². The number of anilines is 1. The number of methoxy groups -OCH3 is 1. The fourth-order valence-electron chi connectivity index (χ4n) is 4.42. The lowest BCUT2D eigenvalue weighted by molar-refractivity contribution is -0.118. The van der Waals surface area contributed by atoms with Crippen LogP contribution in [0.5, 0.6) is 5.75 Å². The van der Waals surface area contributed by atoms with Crippen LogP contribution in [0.1, 0.15) is 47.8 Å². The zero-order valence-electron chi connectivity index (χ0n) is 17.8. The predicted octanol–water partition coefficient (Wildman–Crippen LogP) is 4.06. The number of carbonyl (C=O) groups is 1. The molecule has 0 saturated carbocycles. The maximum atomic E-state index is 12.5. The lowest BCUT2D eigenvalue weighted by Gasteiger charge is -2.21. The lowest BCUT2D eigenvalue weighted by atomic mass is 10.1. The van der Waals surface area contributed by atoms with Crippen molar-refractivity contribution >= 4 is 22.6 Å². The van der Waals surface area contributed by atoms with E-state index in [0.29, 0.717) is 6.42 Å². The zero-order valence-corrected chi connectivity index (χ0v) is 17.8. The van der Waals surface area contributed by atoms with Crippen LogP contribution in [0.4, 0.5) is 5.69 Å². The standard InChI is InChI=1S/C23H28N4O2/c1-6-20(28)27(24)22-17-8-7-9-18(17)25-23-21(22)14(3)15(4)26(23)19-11-10-16(29-5)12-13(19)2/h10-12H,6-9,24H2,1-5H3. The molecule has 0 bridgehead atoms. The van der Waals surface area contributed by atoms with Crippen molar-refractivity contribution in [3.05, 3.63) is 46.3 Å². The predicted molar refractivity (Wildman–Crippen MR) is 116 cm³/mol. The van der Waals surface area contributed by atoms with Crippen molar-refractivity contribution in [2.75, 3.05) is 12.1 Å². The topological polar surface area (TPSA) is 73.4 Å². The molecule has 0 radical (unpaired) electrons. The summed E-state index contributed by atoms with van der Waals surface area (Å²) in [6, 6.07) is 6.05. The van der Waals surface area contributed by atoms with Gasteiger partial charge in [-0.05, 0) is 74.9 Å². The van der Waals surface area contributed by atoms with Gasteiger partial charge in [-0.3, -0.25) is 9.36 Å². The van der Waals surface area contributed by atoms with Gasteiger partial charge >= 0.3 is 0 Å². The van der Waals surface area contributed by atoms with Gasteiger partial charge < -0.3 is 4.74 Å². The number of hydrogen-bond acceptors (Lipinski definition) is 4. The van der Waals surface area contributed by atoms with Crippen LogP contribution < -0.4 is 15.6 Å². The van der Waals surface area contributed by atoms with Crippen LogP contribution >= 0.6 is 0 Å². The molecule has 2 aromatic heterocycles. The van der Waals surface area contributed by atoms with E-state index in [-0.39, 0.29) is 5.91 Å². The molecule has 0 saturated heterocycles. The van der Waals surface area contributed by atoms with Crippen molar-refractivity contribution in [1.29, 1.82) is 0 Å². The van der Waals surface area contributed by atoms with Crippen LogP contribution in [-0.4, -0.2) is 22.6 Å². The van der Waals surface area contributed by atoms with Crippen LogP contribution in [0.15, 0.2) is 18.2 Å². The van der Waals surface area contributed by atoms with Gasteiger partial charge in [0.25, 0.3) is 0 Å². The third kappa shape index (κ3) is 2.90. The summed E-state index contributed by atoms with van der Waals surface area (Å²) >= 11 is 0. The van der Waals surface area contributed by atoms with Crippen LogP contribution in [0.25, 0.3) is 16.7 Å². The Morgan fingerprint density at radius 3 is 2.69 bits per heavy atom. The summed E-state index contributed by atoms with van der Waals surface area (Å²) in [7, 11) is 1.67. The maximum absolute atomic E-state index is 12.5. The Kier molecular flexibility index (Phi) is 4.82. The molecule has 0 fully saturated rings. The number of rotatable bonds is 4. The highest BCUT2D eigenvalue weighted by Crippen LogP contribution is 2.41. The second-order valence-corrected chi connectivity index (χ2v) is 7.75. The highest BCUT2D eigenvalue weighted by molar-refractivity contribution is 6.05. The maximum Gasteiger partial charge on any atom is 0.240 e. The monoisotopic (exact) mass is 392 g/mol. The van der Waals surface area contributed by atoms with Crippen LogP contribution in [-0.2, 0) is 17.6 Å². The van der Waals surface area contributed by atoms with E-state index in [4.69, 9.17) is 15.6 Å². The summed E-state index contributed by atoms with van der Waals surface area (Å²) in [6.45, 7) is 8.09. The third-order valence-corrected chi connectivity index (χ3v) is 6.10. The third-order valence-electron chi connectivity index (χ3n) is 6.10. The number of nitrogens with zero attached hydrogens (tertiary/aromatic N) is 3. The summed E-state index contributed by atoms with van der Waals surface area (Å²) in [6.07, 6.45) is 3.22. The average molecular weight is 393 g/mol. The van der Waals surface area contributed by atoms with Gasteiger partial charge in [-0.25, -0.2) is 15.8 Å². The molecule has 0 aliphatic heterocycles. The van der Waals surface area contributed by atoms with Crippen molar-refractivity contribution in [3.63, 3.8) is 0 Å². The molecule has 29 heavy (non-hydrogen) atoms. The molecule has 4 rings (SSSR count). The first kappa shape index (κ1) is 19.5. The van der Waals surface area contributed by atoms with E-state index in [0.717, 1.165) is 75.5 Å². The number of pyridine rings is 1. The summed E-state index contributed by atoms with van der Waals surface area (Å²) in [5.74, 6) is 7.09. The van der Waals surface area contributed by atoms with Gasteiger partial charge in [0.05, 0.1) is 18.5 Å². The Labute approximate surface area is 171 Å². The number of nitrogens with two attached hydrogens (primary N) is 1. The molecule has 6 heteroatoms. The first-order chi connectivity index (χ1) is 13.9.